The summed E-state index contributed by atoms with van der Waals surface area (Å²) in [4.78, 5) is 30.3. The van der Waals surface area contributed by atoms with Crippen molar-refractivity contribution in [1.82, 2.24) is 15.2 Å². The number of hydrogen-bond acceptors (Lipinski definition) is 3. The minimum atomic E-state index is -0.440. The lowest BCUT2D eigenvalue weighted by atomic mass is 9.97. The Bertz CT molecular complexity index is 528. The first-order valence-electron chi connectivity index (χ1n) is 6.92. The second kappa shape index (κ2) is 5.61. The Morgan fingerprint density at radius 2 is 2.10 bits per heavy atom. The number of amides is 2. The van der Waals surface area contributed by atoms with Crippen molar-refractivity contribution in [3.63, 3.8) is 0 Å². The summed E-state index contributed by atoms with van der Waals surface area (Å²) in [7, 11) is 0. The number of aryl methyl sites for hydroxylation is 1. The molecule has 1 aliphatic heterocycles. The number of carbonyl (C=O) groups excluding carboxylic acids is 2. The van der Waals surface area contributed by atoms with Gasteiger partial charge in [0.1, 0.15) is 12.1 Å². The fourth-order valence-corrected chi connectivity index (χ4v) is 2.38. The predicted molar refractivity (Wildman–Crippen MR) is 75.8 cm³/mol. The van der Waals surface area contributed by atoms with E-state index in [1.807, 2.05) is 26.8 Å². The molecule has 2 unspecified atom stereocenters. The molecule has 1 fully saturated rings. The van der Waals surface area contributed by atoms with Crippen LogP contribution >= 0.6 is 0 Å². The smallest absolute Gasteiger partial charge is 0.246 e. The van der Waals surface area contributed by atoms with Gasteiger partial charge >= 0.3 is 0 Å². The van der Waals surface area contributed by atoms with Crippen LogP contribution in [0, 0.1) is 12.8 Å². The minimum Gasteiger partial charge on any atom is -0.342 e. The average Bonchev–Trinajstić information content (AvgIpc) is 2.40. The summed E-state index contributed by atoms with van der Waals surface area (Å²) in [6, 6.07) is 1.03. The third kappa shape index (κ3) is 2.66. The van der Waals surface area contributed by atoms with Crippen LogP contribution in [0.1, 0.15) is 31.9 Å². The van der Waals surface area contributed by atoms with E-state index >= 15 is 0 Å². The molecule has 0 saturated carbocycles. The molecule has 5 heteroatoms. The van der Waals surface area contributed by atoms with E-state index in [4.69, 9.17) is 0 Å². The predicted octanol–water partition coefficient (Wildman–Crippen LogP) is 1.26. The molecule has 108 valence electrons. The van der Waals surface area contributed by atoms with Gasteiger partial charge in [-0.05, 0) is 37.0 Å². The zero-order valence-corrected chi connectivity index (χ0v) is 12.4. The quantitative estimate of drug-likeness (QED) is 0.903. The topological polar surface area (TPSA) is 62.3 Å². The van der Waals surface area contributed by atoms with Crippen molar-refractivity contribution < 1.29 is 9.59 Å². The largest absolute Gasteiger partial charge is 0.342 e. The fourth-order valence-electron chi connectivity index (χ4n) is 2.38. The Kier molecular flexibility index (Phi) is 4.06. The molecule has 20 heavy (non-hydrogen) atoms. The Morgan fingerprint density at radius 1 is 1.40 bits per heavy atom. The van der Waals surface area contributed by atoms with E-state index in [1.165, 1.54) is 0 Å². The second-order valence-electron chi connectivity index (χ2n) is 5.67. The van der Waals surface area contributed by atoms with Crippen LogP contribution in [0.4, 0.5) is 0 Å². The van der Waals surface area contributed by atoms with Gasteiger partial charge in [0.15, 0.2) is 0 Å². The maximum absolute atomic E-state index is 12.5. The molecule has 2 atom stereocenters. The molecule has 1 N–H and O–H groups in total. The van der Waals surface area contributed by atoms with E-state index in [-0.39, 0.29) is 17.7 Å². The summed E-state index contributed by atoms with van der Waals surface area (Å²) in [5, 5.41) is 2.80. The summed E-state index contributed by atoms with van der Waals surface area (Å²) in [6.45, 7) is 8.05. The van der Waals surface area contributed by atoms with E-state index in [2.05, 4.69) is 10.3 Å². The number of pyridine rings is 1. The molecule has 1 aliphatic rings. The van der Waals surface area contributed by atoms with Gasteiger partial charge in [-0.15, -0.1) is 0 Å². The number of nitrogens with one attached hydrogen (secondary N) is 1. The van der Waals surface area contributed by atoms with Crippen molar-refractivity contribution in [3.8, 4) is 0 Å². The monoisotopic (exact) mass is 275 g/mol. The van der Waals surface area contributed by atoms with Crippen LogP contribution in [0.15, 0.2) is 18.5 Å². The molecule has 0 radical (unpaired) electrons. The summed E-state index contributed by atoms with van der Waals surface area (Å²) in [5.41, 5.74) is 2.05. The van der Waals surface area contributed by atoms with E-state index in [1.54, 1.807) is 24.2 Å². The van der Waals surface area contributed by atoms with Crippen molar-refractivity contribution in [2.24, 2.45) is 5.92 Å². The standard InChI is InChI=1S/C15H21N3O2/c1-9(2)13-15(20)18(11(4)14(19)17-13)8-12-5-6-16-7-10(12)3/h5-7,9,11,13H,8H2,1-4H3,(H,17,19). The first kappa shape index (κ1) is 14.5. The van der Waals surface area contributed by atoms with Gasteiger partial charge in [-0.2, -0.15) is 0 Å². The van der Waals surface area contributed by atoms with Crippen molar-refractivity contribution in [2.45, 2.75) is 46.3 Å². The van der Waals surface area contributed by atoms with Gasteiger partial charge in [0.2, 0.25) is 11.8 Å². The molecule has 1 aromatic rings. The number of nitrogens with zero attached hydrogens (tertiary/aromatic N) is 2. The molecule has 0 bridgehead atoms. The van der Waals surface area contributed by atoms with Gasteiger partial charge < -0.3 is 10.2 Å². The van der Waals surface area contributed by atoms with Crippen LogP contribution in [-0.4, -0.2) is 33.8 Å². The zero-order valence-electron chi connectivity index (χ0n) is 12.4. The molecule has 1 aromatic heterocycles. The van der Waals surface area contributed by atoms with Gasteiger partial charge in [0.05, 0.1) is 0 Å². The summed E-state index contributed by atoms with van der Waals surface area (Å²) in [6.07, 6.45) is 3.48. The van der Waals surface area contributed by atoms with E-state index in [0.29, 0.717) is 6.54 Å². The molecule has 0 spiro atoms. The van der Waals surface area contributed by atoms with Crippen molar-refractivity contribution in [2.75, 3.05) is 0 Å². The van der Waals surface area contributed by atoms with Gasteiger partial charge in [0.25, 0.3) is 0 Å². The molecule has 2 heterocycles. The molecule has 1 saturated heterocycles. The highest BCUT2D eigenvalue weighted by molar-refractivity contribution is 5.96. The first-order chi connectivity index (χ1) is 9.41. The van der Waals surface area contributed by atoms with Crippen LogP contribution in [0.2, 0.25) is 0 Å². The van der Waals surface area contributed by atoms with Crippen molar-refractivity contribution in [3.05, 3.63) is 29.6 Å². The molecule has 0 aliphatic carbocycles. The molecule has 5 nitrogen and oxygen atoms in total. The molecule has 2 rings (SSSR count). The summed E-state index contributed by atoms with van der Waals surface area (Å²) < 4.78 is 0. The Hall–Kier alpha value is -1.91. The zero-order chi connectivity index (χ0) is 14.9. The van der Waals surface area contributed by atoms with E-state index in [9.17, 15) is 9.59 Å². The average molecular weight is 275 g/mol. The highest BCUT2D eigenvalue weighted by Crippen LogP contribution is 2.19. The lowest BCUT2D eigenvalue weighted by Gasteiger charge is -2.39. The van der Waals surface area contributed by atoms with Crippen LogP contribution < -0.4 is 5.32 Å². The van der Waals surface area contributed by atoms with E-state index in [0.717, 1.165) is 11.1 Å². The number of carbonyl (C=O) groups is 2. The molecular weight excluding hydrogens is 254 g/mol. The minimum absolute atomic E-state index is 0.0108. The Balaban J connectivity index is 2.26. The van der Waals surface area contributed by atoms with E-state index < -0.39 is 12.1 Å². The highest BCUT2D eigenvalue weighted by Gasteiger charge is 2.39. The maximum Gasteiger partial charge on any atom is 0.246 e. The summed E-state index contributed by atoms with van der Waals surface area (Å²) in [5.74, 6) is -0.0155. The van der Waals surface area contributed by atoms with Gasteiger partial charge in [-0.1, -0.05) is 13.8 Å². The maximum atomic E-state index is 12.5. The SMILES string of the molecule is Cc1cnccc1CN1C(=O)C(C(C)C)NC(=O)C1C. The van der Waals surface area contributed by atoms with Crippen LogP contribution in [-0.2, 0) is 16.1 Å². The van der Waals surface area contributed by atoms with Crippen molar-refractivity contribution in [1.29, 1.82) is 0 Å². The lowest BCUT2D eigenvalue weighted by molar-refractivity contribution is -0.150. The molecular formula is C15H21N3O2. The Labute approximate surface area is 119 Å². The fraction of sp³-hybridized carbons (Fsp3) is 0.533. The van der Waals surface area contributed by atoms with Gasteiger partial charge in [0, 0.05) is 18.9 Å². The van der Waals surface area contributed by atoms with Crippen LogP contribution in [0.3, 0.4) is 0 Å². The molecule has 2 amide bonds. The first-order valence-corrected chi connectivity index (χ1v) is 6.92. The normalized spacial score (nSPS) is 23.1. The third-order valence-corrected chi connectivity index (χ3v) is 3.84. The van der Waals surface area contributed by atoms with Crippen LogP contribution in [0.5, 0.6) is 0 Å². The van der Waals surface area contributed by atoms with Gasteiger partial charge in [-0.25, -0.2) is 0 Å². The van der Waals surface area contributed by atoms with Gasteiger partial charge in [-0.3, -0.25) is 14.6 Å². The number of aromatic nitrogens is 1. The highest BCUT2D eigenvalue weighted by atomic mass is 16.2. The Morgan fingerprint density at radius 3 is 2.70 bits per heavy atom. The lowest BCUT2D eigenvalue weighted by Crippen LogP contribution is -2.63. The molecule has 0 aromatic carbocycles. The number of rotatable bonds is 3. The number of hydrogen-bond donors (Lipinski definition) is 1. The number of piperazine rings is 1. The third-order valence-electron chi connectivity index (χ3n) is 3.84. The second-order valence-corrected chi connectivity index (χ2v) is 5.67. The van der Waals surface area contributed by atoms with Crippen molar-refractivity contribution >= 4 is 11.8 Å². The summed E-state index contributed by atoms with van der Waals surface area (Å²) >= 11 is 0. The van der Waals surface area contributed by atoms with Crippen LogP contribution in [0.25, 0.3) is 0 Å².